The Morgan fingerprint density at radius 2 is 2.00 bits per heavy atom. The van der Waals surface area contributed by atoms with Gasteiger partial charge in [0.05, 0.1) is 11.2 Å². The van der Waals surface area contributed by atoms with E-state index in [0.717, 1.165) is 44.3 Å². The Hall–Kier alpha value is -2.43. The fraction of sp³-hybridized carbons (Fsp3) is 0.474. The van der Waals surface area contributed by atoms with Crippen LogP contribution in [0.1, 0.15) is 32.1 Å². The van der Waals surface area contributed by atoms with Crippen LogP contribution in [0.15, 0.2) is 52.9 Å². The normalized spacial score (nSPS) is 20.4. The van der Waals surface area contributed by atoms with Crippen molar-refractivity contribution in [3.63, 3.8) is 0 Å². The van der Waals surface area contributed by atoms with Gasteiger partial charge in [-0.3, -0.25) is 4.99 Å². The van der Waals surface area contributed by atoms with Gasteiger partial charge in [-0.2, -0.15) is 0 Å². The Morgan fingerprint density at radius 1 is 1.24 bits per heavy atom. The molecule has 9 nitrogen and oxygen atoms in total. The molecule has 0 bridgehead atoms. The SMILES string of the molecule is N[C@H]1CCCC[C@@H]1NC(=NCCCn1ccnc1)Nc1ccc(S(N)(=O)=O)cc1. The summed E-state index contributed by atoms with van der Waals surface area (Å²) >= 11 is 0. The second-order valence-corrected chi connectivity index (χ2v) is 8.84. The molecule has 2 aromatic rings. The highest BCUT2D eigenvalue weighted by Gasteiger charge is 2.22. The molecule has 158 valence electrons. The van der Waals surface area contributed by atoms with Gasteiger partial charge in [-0.15, -0.1) is 0 Å². The lowest BCUT2D eigenvalue weighted by Crippen LogP contribution is -2.51. The van der Waals surface area contributed by atoms with Crippen molar-refractivity contribution in [3.05, 3.63) is 43.0 Å². The Kier molecular flexibility index (Phi) is 7.24. The summed E-state index contributed by atoms with van der Waals surface area (Å²) in [7, 11) is -3.71. The number of hydrogen-bond donors (Lipinski definition) is 4. The van der Waals surface area contributed by atoms with E-state index in [4.69, 9.17) is 10.9 Å². The zero-order chi connectivity index (χ0) is 20.7. The third-order valence-corrected chi connectivity index (χ3v) is 5.92. The standard InChI is InChI=1S/C19H29N7O2S/c20-17-4-1-2-5-18(17)25-19(23-10-3-12-26-13-11-22-14-26)24-15-6-8-16(9-7-15)29(21,27)28/h6-9,11,13-14,17-18H,1-5,10,12,20H2,(H2,21,27,28)(H2,23,24,25)/t17-,18-/m0/s1. The van der Waals surface area contributed by atoms with Gasteiger partial charge in [-0.05, 0) is 43.5 Å². The molecule has 1 heterocycles. The molecule has 1 aliphatic carbocycles. The van der Waals surface area contributed by atoms with E-state index in [-0.39, 0.29) is 17.0 Å². The van der Waals surface area contributed by atoms with Crippen LogP contribution in [0, 0.1) is 0 Å². The lowest BCUT2D eigenvalue weighted by Gasteiger charge is -2.30. The van der Waals surface area contributed by atoms with Crippen molar-refractivity contribution in [3.8, 4) is 0 Å². The van der Waals surface area contributed by atoms with Crippen LogP contribution in [0.4, 0.5) is 5.69 Å². The molecule has 0 saturated heterocycles. The van der Waals surface area contributed by atoms with Gasteiger partial charge in [0, 0.05) is 43.3 Å². The van der Waals surface area contributed by atoms with E-state index in [1.807, 2.05) is 10.8 Å². The van der Waals surface area contributed by atoms with Crippen molar-refractivity contribution in [1.82, 2.24) is 14.9 Å². The van der Waals surface area contributed by atoms with E-state index in [2.05, 4.69) is 20.6 Å². The molecular weight excluding hydrogens is 390 g/mol. The molecule has 3 rings (SSSR count). The lowest BCUT2D eigenvalue weighted by atomic mass is 9.91. The Morgan fingerprint density at radius 3 is 2.66 bits per heavy atom. The van der Waals surface area contributed by atoms with Crippen LogP contribution in [0.2, 0.25) is 0 Å². The minimum absolute atomic E-state index is 0.0733. The molecule has 6 N–H and O–H groups in total. The number of aliphatic imine (C=N–C) groups is 1. The van der Waals surface area contributed by atoms with Crippen LogP contribution in [-0.2, 0) is 16.6 Å². The van der Waals surface area contributed by atoms with E-state index in [9.17, 15) is 8.42 Å². The Labute approximate surface area is 171 Å². The van der Waals surface area contributed by atoms with Crippen molar-refractivity contribution >= 4 is 21.7 Å². The average molecular weight is 420 g/mol. The summed E-state index contributed by atoms with van der Waals surface area (Å²) in [4.78, 5) is 8.79. The third kappa shape index (κ3) is 6.55. The number of imidazole rings is 1. The van der Waals surface area contributed by atoms with Crippen LogP contribution >= 0.6 is 0 Å². The number of guanidine groups is 1. The average Bonchev–Trinajstić information content (AvgIpc) is 3.20. The van der Waals surface area contributed by atoms with E-state index >= 15 is 0 Å². The van der Waals surface area contributed by atoms with Gasteiger partial charge in [0.15, 0.2) is 5.96 Å². The molecule has 0 amide bonds. The number of nitrogens with zero attached hydrogens (tertiary/aromatic N) is 3. The number of benzene rings is 1. The van der Waals surface area contributed by atoms with Crippen molar-refractivity contribution in [1.29, 1.82) is 0 Å². The van der Waals surface area contributed by atoms with E-state index in [0.29, 0.717) is 12.5 Å². The Bertz CT molecular complexity index is 895. The first-order valence-corrected chi connectivity index (χ1v) is 11.4. The molecule has 0 unspecified atom stereocenters. The second kappa shape index (κ2) is 9.86. The number of anilines is 1. The van der Waals surface area contributed by atoms with Gasteiger partial charge in [0.2, 0.25) is 10.0 Å². The maximum absolute atomic E-state index is 11.4. The van der Waals surface area contributed by atoms with E-state index in [1.54, 1.807) is 24.7 Å². The monoisotopic (exact) mass is 419 g/mol. The molecule has 0 spiro atoms. The van der Waals surface area contributed by atoms with Gasteiger partial charge >= 0.3 is 0 Å². The number of aryl methyl sites for hydroxylation is 1. The number of rotatable bonds is 7. The molecule has 1 aromatic carbocycles. The fourth-order valence-electron chi connectivity index (χ4n) is 3.36. The molecule has 1 fully saturated rings. The van der Waals surface area contributed by atoms with Crippen molar-refractivity contribution < 1.29 is 8.42 Å². The molecule has 10 heteroatoms. The van der Waals surface area contributed by atoms with Crippen molar-refractivity contribution in [2.24, 2.45) is 15.9 Å². The number of nitrogens with two attached hydrogens (primary N) is 2. The number of hydrogen-bond acceptors (Lipinski definition) is 5. The topological polar surface area (TPSA) is 140 Å². The van der Waals surface area contributed by atoms with Crippen molar-refractivity contribution in [2.45, 2.75) is 55.6 Å². The van der Waals surface area contributed by atoms with Gasteiger partial charge in [-0.1, -0.05) is 12.8 Å². The zero-order valence-corrected chi connectivity index (χ0v) is 17.2. The van der Waals surface area contributed by atoms with Gasteiger partial charge in [0.1, 0.15) is 0 Å². The quantitative estimate of drug-likeness (QED) is 0.302. The first-order valence-electron chi connectivity index (χ1n) is 9.84. The lowest BCUT2D eigenvalue weighted by molar-refractivity contribution is 0.360. The molecule has 2 atom stereocenters. The predicted molar refractivity (Wildman–Crippen MR) is 114 cm³/mol. The van der Waals surface area contributed by atoms with Gasteiger partial charge in [-0.25, -0.2) is 18.5 Å². The first-order chi connectivity index (χ1) is 13.9. The van der Waals surface area contributed by atoms with Crippen LogP contribution in [-0.4, -0.2) is 42.6 Å². The summed E-state index contributed by atoms with van der Waals surface area (Å²) in [6.07, 6.45) is 10.6. The molecule has 1 aromatic heterocycles. The predicted octanol–water partition coefficient (Wildman–Crippen LogP) is 1.25. The number of nitrogens with one attached hydrogen (secondary N) is 2. The summed E-state index contributed by atoms with van der Waals surface area (Å²) in [5.74, 6) is 0.640. The van der Waals surface area contributed by atoms with Crippen LogP contribution in [0.5, 0.6) is 0 Å². The summed E-state index contributed by atoms with van der Waals surface area (Å²) in [5.41, 5.74) is 7.00. The molecule has 0 radical (unpaired) electrons. The van der Waals surface area contributed by atoms with Gasteiger partial charge < -0.3 is 20.9 Å². The fourth-order valence-corrected chi connectivity index (χ4v) is 3.88. The van der Waals surface area contributed by atoms with Crippen molar-refractivity contribution in [2.75, 3.05) is 11.9 Å². The zero-order valence-electron chi connectivity index (χ0n) is 16.4. The first kappa shape index (κ1) is 21.3. The number of sulfonamides is 1. The maximum atomic E-state index is 11.4. The second-order valence-electron chi connectivity index (χ2n) is 7.28. The minimum Gasteiger partial charge on any atom is -0.352 e. The maximum Gasteiger partial charge on any atom is 0.238 e. The highest BCUT2D eigenvalue weighted by molar-refractivity contribution is 7.89. The van der Waals surface area contributed by atoms with E-state index in [1.165, 1.54) is 12.1 Å². The molecular formula is C19H29N7O2S. The highest BCUT2D eigenvalue weighted by Crippen LogP contribution is 2.17. The Balaban J connectivity index is 1.66. The molecule has 0 aliphatic heterocycles. The van der Waals surface area contributed by atoms with Gasteiger partial charge in [0.25, 0.3) is 0 Å². The van der Waals surface area contributed by atoms with Crippen LogP contribution in [0.3, 0.4) is 0 Å². The van der Waals surface area contributed by atoms with E-state index < -0.39 is 10.0 Å². The van der Waals surface area contributed by atoms with Crippen LogP contribution in [0.25, 0.3) is 0 Å². The molecule has 1 aliphatic rings. The summed E-state index contributed by atoms with van der Waals surface area (Å²) in [6.45, 7) is 1.47. The largest absolute Gasteiger partial charge is 0.352 e. The summed E-state index contributed by atoms with van der Waals surface area (Å²) in [5, 5.41) is 11.9. The molecule has 29 heavy (non-hydrogen) atoms. The summed E-state index contributed by atoms with van der Waals surface area (Å²) < 4.78 is 24.9. The number of aromatic nitrogens is 2. The summed E-state index contributed by atoms with van der Waals surface area (Å²) in [6, 6.07) is 6.53. The molecule has 1 saturated carbocycles. The smallest absolute Gasteiger partial charge is 0.238 e. The highest BCUT2D eigenvalue weighted by atomic mass is 32.2. The third-order valence-electron chi connectivity index (χ3n) is 4.99. The number of primary sulfonamides is 1. The van der Waals surface area contributed by atoms with Crippen LogP contribution < -0.4 is 21.5 Å². The minimum atomic E-state index is -3.71.